The number of carbonyl (C=O) groups is 1. The van der Waals surface area contributed by atoms with Crippen molar-refractivity contribution in [2.45, 2.75) is 45.4 Å². The molecule has 0 fully saturated rings. The zero-order chi connectivity index (χ0) is 22.8. The van der Waals surface area contributed by atoms with Crippen LogP contribution in [0.5, 0.6) is 0 Å². The third kappa shape index (κ3) is 4.47. The molecule has 2 aromatic heterocycles. The van der Waals surface area contributed by atoms with Gasteiger partial charge in [-0.2, -0.15) is 5.10 Å². The van der Waals surface area contributed by atoms with E-state index in [-0.39, 0.29) is 17.8 Å². The zero-order valence-corrected chi connectivity index (χ0v) is 18.7. The Hall–Kier alpha value is -3.33. The summed E-state index contributed by atoms with van der Waals surface area (Å²) in [6.07, 6.45) is 4.91. The highest BCUT2D eigenvalue weighted by Gasteiger charge is 2.37. The Balaban J connectivity index is 1.46. The van der Waals surface area contributed by atoms with Crippen LogP contribution in [0.25, 0.3) is 0 Å². The number of halogens is 1. The molecule has 1 N–H and O–H groups in total. The van der Waals surface area contributed by atoms with Gasteiger partial charge in [0.25, 0.3) is 0 Å². The number of methoxy groups -OCH3 is 1. The van der Waals surface area contributed by atoms with Crippen LogP contribution in [0, 0.1) is 12.7 Å². The van der Waals surface area contributed by atoms with E-state index in [1.165, 1.54) is 12.1 Å². The summed E-state index contributed by atoms with van der Waals surface area (Å²) in [5.74, 6) is 1.04. The molecule has 0 saturated carbocycles. The van der Waals surface area contributed by atoms with Gasteiger partial charge in [0, 0.05) is 26.8 Å². The Morgan fingerprint density at radius 2 is 1.94 bits per heavy atom. The van der Waals surface area contributed by atoms with E-state index in [4.69, 9.17) is 9.72 Å². The lowest BCUT2D eigenvalue weighted by atomic mass is 10.1. The molecule has 0 bridgehead atoms. The van der Waals surface area contributed by atoms with Gasteiger partial charge >= 0.3 is 0 Å². The minimum atomic E-state index is -0.459. The molecule has 3 heterocycles. The van der Waals surface area contributed by atoms with E-state index < -0.39 is 6.04 Å². The Morgan fingerprint density at radius 1 is 1.19 bits per heavy atom. The highest BCUT2D eigenvalue weighted by molar-refractivity contribution is 6.03. The van der Waals surface area contributed by atoms with E-state index in [1.54, 1.807) is 19.2 Å². The van der Waals surface area contributed by atoms with Crippen LogP contribution in [0.4, 0.5) is 15.9 Å². The van der Waals surface area contributed by atoms with Gasteiger partial charge in [0.1, 0.15) is 23.4 Å². The van der Waals surface area contributed by atoms with Crippen LogP contribution < -0.4 is 10.2 Å². The first-order valence-corrected chi connectivity index (χ1v) is 10.6. The molecule has 0 spiro atoms. The Labute approximate surface area is 186 Å². The molecule has 3 aromatic rings. The largest absolute Gasteiger partial charge is 0.379 e. The average molecular weight is 439 g/mol. The normalized spacial score (nSPS) is 16.6. The number of likely N-dealkylation sites (N-methyl/N-ethyl adjacent to an activating group) is 1. The van der Waals surface area contributed by atoms with E-state index in [0.29, 0.717) is 30.3 Å². The predicted octanol–water partition coefficient (Wildman–Crippen LogP) is 2.75. The molecule has 8 nitrogen and oxygen atoms in total. The molecule has 1 amide bonds. The minimum Gasteiger partial charge on any atom is -0.379 e. The first-order valence-electron chi connectivity index (χ1n) is 10.6. The van der Waals surface area contributed by atoms with Crippen molar-refractivity contribution < 1.29 is 13.9 Å². The van der Waals surface area contributed by atoms with Gasteiger partial charge in [0.05, 0.1) is 24.5 Å². The molecule has 0 unspecified atom stereocenters. The number of hydrogen-bond acceptors (Lipinski definition) is 6. The number of ether oxygens (including phenoxy) is 1. The van der Waals surface area contributed by atoms with Gasteiger partial charge in [0.15, 0.2) is 5.82 Å². The number of nitrogens with one attached hydrogen (secondary N) is 1. The molecule has 0 radical (unpaired) electrons. The lowest BCUT2D eigenvalue weighted by molar-refractivity contribution is -0.120. The van der Waals surface area contributed by atoms with Crippen molar-refractivity contribution in [3.8, 4) is 0 Å². The Bertz CT molecular complexity index is 1110. The van der Waals surface area contributed by atoms with E-state index >= 15 is 0 Å². The van der Waals surface area contributed by atoms with Gasteiger partial charge in [-0.05, 0) is 43.5 Å². The van der Waals surface area contributed by atoms with Crippen molar-refractivity contribution in [3.05, 3.63) is 65.1 Å². The molecule has 32 heavy (non-hydrogen) atoms. The van der Waals surface area contributed by atoms with Crippen LogP contribution in [0.15, 0.2) is 36.7 Å². The fraction of sp³-hybridized carbons (Fsp3) is 0.391. The van der Waals surface area contributed by atoms with E-state index in [1.807, 2.05) is 42.9 Å². The average Bonchev–Trinajstić information content (AvgIpc) is 3.22. The summed E-state index contributed by atoms with van der Waals surface area (Å²) in [6.45, 7) is 4.32. The summed E-state index contributed by atoms with van der Waals surface area (Å²) in [7, 11) is 3.45. The van der Waals surface area contributed by atoms with Gasteiger partial charge < -0.3 is 15.0 Å². The van der Waals surface area contributed by atoms with Crippen molar-refractivity contribution in [2.24, 2.45) is 0 Å². The molecule has 2 atom stereocenters. The number of benzene rings is 1. The van der Waals surface area contributed by atoms with Gasteiger partial charge in [-0.25, -0.2) is 14.4 Å². The van der Waals surface area contributed by atoms with E-state index in [0.717, 1.165) is 23.2 Å². The quantitative estimate of drug-likeness (QED) is 0.611. The van der Waals surface area contributed by atoms with Crippen LogP contribution in [0.3, 0.4) is 0 Å². The molecule has 0 aliphatic carbocycles. The second kappa shape index (κ2) is 9.04. The molecule has 1 aliphatic heterocycles. The van der Waals surface area contributed by atoms with Crippen molar-refractivity contribution in [3.63, 3.8) is 0 Å². The first kappa shape index (κ1) is 21.9. The lowest BCUT2D eigenvalue weighted by Crippen LogP contribution is -2.53. The third-order valence-electron chi connectivity index (χ3n) is 5.78. The number of aryl methyl sites for hydroxylation is 3. The van der Waals surface area contributed by atoms with Crippen molar-refractivity contribution in [2.75, 3.05) is 24.4 Å². The maximum atomic E-state index is 13.1. The van der Waals surface area contributed by atoms with Crippen LogP contribution in [0.2, 0.25) is 0 Å². The molecule has 9 heteroatoms. The topological polar surface area (TPSA) is 85.2 Å². The number of hydrogen-bond donors (Lipinski definition) is 1. The number of aromatic nitrogens is 4. The second-order valence-corrected chi connectivity index (χ2v) is 8.08. The van der Waals surface area contributed by atoms with Crippen LogP contribution >= 0.6 is 0 Å². The first-order chi connectivity index (χ1) is 15.4. The van der Waals surface area contributed by atoms with Gasteiger partial charge in [0.2, 0.25) is 5.91 Å². The van der Waals surface area contributed by atoms with Gasteiger partial charge in [-0.3, -0.25) is 9.48 Å². The third-order valence-corrected chi connectivity index (χ3v) is 5.78. The highest BCUT2D eigenvalue weighted by atomic mass is 19.1. The number of anilines is 2. The number of carbonyl (C=O) groups excluding carboxylic acids is 1. The molecule has 168 valence electrons. The fourth-order valence-electron chi connectivity index (χ4n) is 3.94. The van der Waals surface area contributed by atoms with Gasteiger partial charge in [-0.15, -0.1) is 0 Å². The maximum Gasteiger partial charge on any atom is 0.249 e. The van der Waals surface area contributed by atoms with Crippen LogP contribution in [-0.2, 0) is 28.9 Å². The summed E-state index contributed by atoms with van der Waals surface area (Å²) in [5.41, 5.74) is 3.44. The molecular weight excluding hydrogens is 411 g/mol. The zero-order valence-electron chi connectivity index (χ0n) is 18.7. The molecule has 0 saturated heterocycles. The standard InChI is InChI=1S/C23H27FN6O2/c1-14-20-22(29(3)21(15(2)32-4)23(31)28-20)27-19(26-14)10-7-17-11-25-30(13-17)12-16-5-8-18(24)9-6-16/h5-6,8-9,11,13,15,21H,7,10,12H2,1-4H3,(H,28,31)/t15-,21+/m1/s1. The van der Waals surface area contributed by atoms with Crippen LogP contribution in [0.1, 0.15) is 29.6 Å². The number of fused-ring (bicyclic) bond motifs is 1. The smallest absolute Gasteiger partial charge is 0.249 e. The summed E-state index contributed by atoms with van der Waals surface area (Å²) in [4.78, 5) is 23.7. The fourth-order valence-corrected chi connectivity index (χ4v) is 3.94. The summed E-state index contributed by atoms with van der Waals surface area (Å²) >= 11 is 0. The Kier molecular flexibility index (Phi) is 6.18. The molecule has 1 aromatic carbocycles. The predicted molar refractivity (Wildman–Crippen MR) is 119 cm³/mol. The summed E-state index contributed by atoms with van der Waals surface area (Å²) in [6, 6.07) is 5.96. The van der Waals surface area contributed by atoms with E-state index in [2.05, 4.69) is 15.4 Å². The summed E-state index contributed by atoms with van der Waals surface area (Å²) in [5, 5.41) is 7.34. The molecule has 1 aliphatic rings. The van der Waals surface area contributed by atoms with Crippen molar-refractivity contribution in [1.29, 1.82) is 0 Å². The SMILES string of the molecule is CO[C@H](C)[C@H]1C(=O)Nc2c(C)nc(CCc3cnn(Cc4ccc(F)cc4)c3)nc2N1C. The number of nitrogens with zero attached hydrogens (tertiary/aromatic N) is 5. The molecule has 4 rings (SSSR count). The maximum absolute atomic E-state index is 13.1. The number of amides is 1. The van der Waals surface area contributed by atoms with Crippen molar-refractivity contribution in [1.82, 2.24) is 19.7 Å². The van der Waals surface area contributed by atoms with Gasteiger partial charge in [-0.1, -0.05) is 12.1 Å². The second-order valence-electron chi connectivity index (χ2n) is 8.08. The highest BCUT2D eigenvalue weighted by Crippen LogP contribution is 2.32. The number of rotatable bonds is 7. The van der Waals surface area contributed by atoms with Crippen molar-refractivity contribution >= 4 is 17.4 Å². The lowest BCUT2D eigenvalue weighted by Gasteiger charge is -2.37. The summed E-state index contributed by atoms with van der Waals surface area (Å²) < 4.78 is 20.3. The monoisotopic (exact) mass is 438 g/mol. The van der Waals surface area contributed by atoms with E-state index in [9.17, 15) is 9.18 Å². The van der Waals surface area contributed by atoms with Crippen LogP contribution in [-0.4, -0.2) is 52.0 Å². The Morgan fingerprint density at radius 3 is 2.66 bits per heavy atom. The minimum absolute atomic E-state index is 0.123. The molecular formula is C23H27FN6O2.